The Morgan fingerprint density at radius 3 is 2.54 bits per heavy atom. The zero-order valence-corrected chi connectivity index (χ0v) is 13.0. The van der Waals surface area contributed by atoms with Crippen molar-refractivity contribution in [1.29, 1.82) is 0 Å². The van der Waals surface area contributed by atoms with Crippen LogP contribution in [0.3, 0.4) is 0 Å². The smallest absolute Gasteiger partial charge is 0.0453 e. The molecule has 0 fully saturated rings. The summed E-state index contributed by atoms with van der Waals surface area (Å²) in [5.41, 5.74) is 10.5. The predicted molar refractivity (Wildman–Crippen MR) is 50.6 cm³/mol. The molecule has 1 aliphatic rings. The van der Waals surface area contributed by atoms with Crippen molar-refractivity contribution >= 4 is 17.3 Å². The van der Waals surface area contributed by atoms with E-state index in [0.29, 0.717) is 5.69 Å². The van der Waals surface area contributed by atoms with Gasteiger partial charge in [-0.1, -0.05) is 17.7 Å². The second-order valence-electron chi connectivity index (χ2n) is 3.22. The Labute approximate surface area is 119 Å². The summed E-state index contributed by atoms with van der Waals surface area (Å²) in [6, 6.07) is 3.57. The van der Waals surface area contributed by atoms with E-state index >= 15 is 0 Å². The fourth-order valence-corrected chi connectivity index (χ4v) is 1.85. The quantitative estimate of drug-likeness (QED) is 0.648. The third-order valence-electron chi connectivity index (χ3n) is 2.23. The third-order valence-corrected chi connectivity index (χ3v) is 2.58. The van der Waals surface area contributed by atoms with Gasteiger partial charge >= 0.3 is 0 Å². The minimum Gasteiger partial charge on any atom is -0.698 e. The van der Waals surface area contributed by atoms with E-state index in [4.69, 9.17) is 17.3 Å². The largest absolute Gasteiger partial charge is 0.698 e. The number of rotatable bonds is 0. The molecule has 13 heavy (non-hydrogen) atoms. The van der Waals surface area contributed by atoms with E-state index in [0.717, 1.165) is 29.2 Å². The van der Waals surface area contributed by atoms with E-state index in [1.807, 2.05) is 13.1 Å². The molecule has 1 aromatic rings. The molecule has 1 heterocycles. The van der Waals surface area contributed by atoms with Gasteiger partial charge in [-0.15, -0.1) is 5.69 Å². The molecule has 0 aromatic heterocycles. The summed E-state index contributed by atoms with van der Waals surface area (Å²) in [6.07, 6.45) is 0. The Balaban J connectivity index is 0.000000845. The van der Waals surface area contributed by atoms with Crippen LogP contribution in [0.5, 0.6) is 0 Å². The maximum Gasteiger partial charge on any atom is 0.0453 e. The first-order valence-corrected chi connectivity index (χ1v) is 4.26. The Morgan fingerprint density at radius 1 is 1.31 bits per heavy atom. The molecule has 0 bridgehead atoms. The Hall–Kier alpha value is 0.712. The first kappa shape index (κ1) is 11.8. The number of benzene rings is 1. The molecule has 1 aromatic carbocycles. The standard InChI is InChI=1S/C9H10ClN2.Ac/c1-12-4-6-7(5-12)9(11)3-2-8(6)10;/h2-3,11H,4-5H2,1H3;/q-1;. The number of halogens is 1. The van der Waals surface area contributed by atoms with E-state index in [9.17, 15) is 0 Å². The third kappa shape index (κ3) is 2.21. The molecule has 0 saturated carbocycles. The number of fused-ring (bicyclic) bond motifs is 1. The number of nitrogens with zero attached hydrogens (tertiary/aromatic N) is 1. The molecule has 1 aliphatic heterocycles. The minimum atomic E-state index is 0. The Morgan fingerprint density at radius 2 is 1.92 bits per heavy atom. The monoisotopic (exact) mass is 408 g/mol. The first-order chi connectivity index (χ1) is 5.68. The van der Waals surface area contributed by atoms with Crippen molar-refractivity contribution in [3.8, 4) is 0 Å². The maximum atomic E-state index is 7.65. The van der Waals surface area contributed by atoms with Crippen LogP contribution in [0, 0.1) is 44.1 Å². The first-order valence-electron chi connectivity index (χ1n) is 3.89. The van der Waals surface area contributed by atoms with Crippen molar-refractivity contribution < 1.29 is 44.1 Å². The second-order valence-corrected chi connectivity index (χ2v) is 3.63. The topological polar surface area (TPSA) is 27.0 Å². The molecule has 2 rings (SSSR count). The molecule has 0 saturated heterocycles. The Bertz CT molecular complexity index is 297. The van der Waals surface area contributed by atoms with Gasteiger partial charge in [-0.05, 0) is 24.2 Å². The molecule has 1 N–H and O–H groups in total. The molecule has 0 atom stereocenters. The minimum absolute atomic E-state index is 0. The van der Waals surface area contributed by atoms with Crippen molar-refractivity contribution in [2.24, 2.45) is 0 Å². The molecule has 0 amide bonds. The van der Waals surface area contributed by atoms with Gasteiger partial charge in [0.05, 0.1) is 0 Å². The maximum absolute atomic E-state index is 7.65. The number of nitrogens with one attached hydrogen (secondary N) is 1. The molecule has 67 valence electrons. The molecule has 0 aliphatic carbocycles. The van der Waals surface area contributed by atoms with Crippen LogP contribution in [-0.2, 0) is 13.1 Å². The number of hydrogen-bond donors (Lipinski definition) is 0. The van der Waals surface area contributed by atoms with Crippen LogP contribution < -0.4 is 0 Å². The van der Waals surface area contributed by atoms with Crippen LogP contribution in [0.2, 0.25) is 5.02 Å². The van der Waals surface area contributed by atoms with Gasteiger partial charge in [0.25, 0.3) is 0 Å². The van der Waals surface area contributed by atoms with Crippen molar-refractivity contribution in [2.45, 2.75) is 13.1 Å². The van der Waals surface area contributed by atoms with Gasteiger partial charge in [0.15, 0.2) is 0 Å². The summed E-state index contributed by atoms with van der Waals surface area (Å²) >= 11 is 6.00. The normalized spacial score (nSPS) is 15.2. The SMILES string of the molecule is CN1Cc2c([NH-])ccc(Cl)c2C1.[Ac]. The zero-order valence-electron chi connectivity index (χ0n) is 7.47. The summed E-state index contributed by atoms with van der Waals surface area (Å²) in [5, 5.41) is 0.797. The zero-order chi connectivity index (χ0) is 8.72. The molecule has 2 nitrogen and oxygen atoms in total. The van der Waals surface area contributed by atoms with Crippen LogP contribution in [0.15, 0.2) is 12.1 Å². The van der Waals surface area contributed by atoms with Crippen molar-refractivity contribution in [3.05, 3.63) is 34.0 Å². The fraction of sp³-hybridized carbons (Fsp3) is 0.333. The van der Waals surface area contributed by atoms with Gasteiger partial charge in [0.2, 0.25) is 0 Å². The van der Waals surface area contributed by atoms with Crippen LogP contribution in [0.1, 0.15) is 11.1 Å². The van der Waals surface area contributed by atoms with E-state index in [1.54, 1.807) is 6.07 Å². The predicted octanol–water partition coefficient (Wildman–Crippen LogP) is 2.97. The molecule has 4 heteroatoms. The van der Waals surface area contributed by atoms with Gasteiger partial charge in [-0.25, -0.2) is 0 Å². The molecule has 1 radical (unpaired) electrons. The van der Waals surface area contributed by atoms with Crippen molar-refractivity contribution in [1.82, 2.24) is 4.90 Å². The van der Waals surface area contributed by atoms with Crippen LogP contribution in [-0.4, -0.2) is 11.9 Å². The van der Waals surface area contributed by atoms with E-state index in [-0.39, 0.29) is 44.1 Å². The van der Waals surface area contributed by atoms with Gasteiger partial charge < -0.3 is 5.73 Å². The summed E-state index contributed by atoms with van der Waals surface area (Å²) in [7, 11) is 2.04. The number of hydrogen-bond acceptors (Lipinski definition) is 1. The molecular weight excluding hydrogens is 399 g/mol. The summed E-state index contributed by atoms with van der Waals surface area (Å²) in [5.74, 6) is 0. The van der Waals surface area contributed by atoms with Gasteiger partial charge in [0, 0.05) is 62.2 Å². The van der Waals surface area contributed by atoms with E-state index < -0.39 is 0 Å². The Kier molecular flexibility index (Phi) is 4.07. The average molecular weight is 409 g/mol. The van der Waals surface area contributed by atoms with Crippen LogP contribution in [0.4, 0.5) is 5.69 Å². The van der Waals surface area contributed by atoms with Crippen molar-refractivity contribution in [2.75, 3.05) is 7.05 Å². The van der Waals surface area contributed by atoms with Crippen molar-refractivity contribution in [3.63, 3.8) is 0 Å². The van der Waals surface area contributed by atoms with Crippen LogP contribution in [0.25, 0.3) is 5.73 Å². The molecular formula is C9H10AcClN2-. The van der Waals surface area contributed by atoms with Gasteiger partial charge in [-0.3, -0.25) is 4.90 Å². The van der Waals surface area contributed by atoms with E-state index in [1.165, 1.54) is 0 Å². The molecule has 0 spiro atoms. The summed E-state index contributed by atoms with van der Waals surface area (Å²) < 4.78 is 0. The van der Waals surface area contributed by atoms with Gasteiger partial charge in [0.1, 0.15) is 0 Å². The van der Waals surface area contributed by atoms with E-state index in [2.05, 4.69) is 4.90 Å². The van der Waals surface area contributed by atoms with Gasteiger partial charge in [-0.2, -0.15) is 0 Å². The second kappa shape index (κ2) is 4.49. The van der Waals surface area contributed by atoms with Crippen LogP contribution >= 0.6 is 11.6 Å². The fourth-order valence-electron chi connectivity index (χ4n) is 1.61. The average Bonchev–Trinajstić information content (AvgIpc) is 2.41. The summed E-state index contributed by atoms with van der Waals surface area (Å²) in [6.45, 7) is 1.73. The molecule has 0 unspecified atom stereocenters. The summed E-state index contributed by atoms with van der Waals surface area (Å²) in [4.78, 5) is 2.16.